The van der Waals surface area contributed by atoms with E-state index in [1.807, 2.05) is 6.92 Å². The third-order valence-corrected chi connectivity index (χ3v) is 4.66. The van der Waals surface area contributed by atoms with Gasteiger partial charge in [0.15, 0.2) is 0 Å². The lowest BCUT2D eigenvalue weighted by atomic mass is 9.88. The summed E-state index contributed by atoms with van der Waals surface area (Å²) in [6.07, 6.45) is 2.85. The molecular weight excluding hydrogens is 285 g/mol. The van der Waals surface area contributed by atoms with E-state index in [9.17, 15) is 14.3 Å². The van der Waals surface area contributed by atoms with Gasteiger partial charge in [-0.25, -0.2) is 4.39 Å². The highest BCUT2D eigenvalue weighted by Crippen LogP contribution is 2.38. The smallest absolute Gasteiger partial charge is 0.226 e. The Hall–Kier alpha value is -1.46. The van der Waals surface area contributed by atoms with Gasteiger partial charge in [0.05, 0.1) is 24.2 Å². The van der Waals surface area contributed by atoms with Gasteiger partial charge in [-0.1, -0.05) is 12.1 Å². The molecule has 22 heavy (non-hydrogen) atoms. The van der Waals surface area contributed by atoms with E-state index in [4.69, 9.17) is 4.74 Å². The maximum absolute atomic E-state index is 12.9. The maximum Gasteiger partial charge on any atom is 0.226 e. The standard InChI is InChI=1S/C17H22FNO3/c1-10(8-15(20)11-2-4-12(18)5-3-11)19-17(21)14-9-13-6-7-16(14)22-13/h2-5,10,13-16,20H,6-9H2,1H3,(H,19,21). The van der Waals surface area contributed by atoms with E-state index in [1.54, 1.807) is 12.1 Å². The minimum atomic E-state index is -0.716. The Bertz CT molecular complexity index is 533. The fourth-order valence-electron chi connectivity index (χ4n) is 3.48. The molecule has 0 saturated carbocycles. The van der Waals surface area contributed by atoms with Crippen LogP contribution in [-0.2, 0) is 9.53 Å². The van der Waals surface area contributed by atoms with E-state index in [2.05, 4.69) is 5.32 Å². The van der Waals surface area contributed by atoms with Crippen LogP contribution < -0.4 is 5.32 Å². The molecule has 5 atom stereocenters. The number of aliphatic hydroxyl groups excluding tert-OH is 1. The number of halogens is 1. The largest absolute Gasteiger partial charge is 0.388 e. The fourth-order valence-corrected chi connectivity index (χ4v) is 3.48. The minimum Gasteiger partial charge on any atom is -0.388 e. The van der Waals surface area contributed by atoms with E-state index in [0.717, 1.165) is 19.3 Å². The van der Waals surface area contributed by atoms with Gasteiger partial charge in [-0.2, -0.15) is 0 Å². The van der Waals surface area contributed by atoms with Gasteiger partial charge in [0.2, 0.25) is 5.91 Å². The van der Waals surface area contributed by atoms with E-state index in [-0.39, 0.29) is 35.9 Å². The lowest BCUT2D eigenvalue weighted by molar-refractivity contribution is -0.127. The van der Waals surface area contributed by atoms with Crippen molar-refractivity contribution in [2.45, 2.75) is 57.0 Å². The summed E-state index contributed by atoms with van der Waals surface area (Å²) in [5.41, 5.74) is 0.658. The third kappa shape index (κ3) is 3.31. The molecular formula is C17H22FNO3. The molecule has 4 nitrogen and oxygen atoms in total. The SMILES string of the molecule is CC(CC(O)c1ccc(F)cc1)NC(=O)C1CC2CCC1O2. The molecule has 1 aromatic rings. The number of amides is 1. The molecule has 0 aromatic heterocycles. The first kappa shape index (κ1) is 15.4. The molecule has 0 aliphatic carbocycles. The zero-order valence-electron chi connectivity index (χ0n) is 12.7. The lowest BCUT2D eigenvalue weighted by Crippen LogP contribution is -2.41. The van der Waals surface area contributed by atoms with E-state index in [1.165, 1.54) is 12.1 Å². The van der Waals surface area contributed by atoms with Crippen molar-refractivity contribution in [3.63, 3.8) is 0 Å². The highest BCUT2D eigenvalue weighted by atomic mass is 19.1. The second-order valence-electron chi connectivity index (χ2n) is 6.43. The van der Waals surface area contributed by atoms with Crippen molar-refractivity contribution < 1.29 is 19.0 Å². The van der Waals surface area contributed by atoms with Crippen LogP contribution in [0, 0.1) is 11.7 Å². The number of hydrogen-bond acceptors (Lipinski definition) is 3. The zero-order chi connectivity index (χ0) is 15.7. The number of hydrogen-bond donors (Lipinski definition) is 2. The van der Waals surface area contributed by atoms with Gasteiger partial charge in [0.25, 0.3) is 0 Å². The summed E-state index contributed by atoms with van der Waals surface area (Å²) in [5.74, 6) is -0.358. The van der Waals surface area contributed by atoms with Gasteiger partial charge in [-0.05, 0) is 50.3 Å². The summed E-state index contributed by atoms with van der Waals surface area (Å²) in [4.78, 5) is 12.3. The van der Waals surface area contributed by atoms with Crippen LogP contribution in [0.15, 0.2) is 24.3 Å². The Kier molecular flexibility index (Phi) is 4.45. The number of rotatable bonds is 5. The van der Waals surface area contributed by atoms with Crippen molar-refractivity contribution in [1.82, 2.24) is 5.32 Å². The summed E-state index contributed by atoms with van der Waals surface area (Å²) < 4.78 is 18.6. The average molecular weight is 307 g/mol. The number of benzene rings is 1. The van der Waals surface area contributed by atoms with Crippen LogP contribution in [0.25, 0.3) is 0 Å². The Morgan fingerprint density at radius 2 is 2.14 bits per heavy atom. The second-order valence-corrected chi connectivity index (χ2v) is 6.43. The van der Waals surface area contributed by atoms with Crippen LogP contribution in [-0.4, -0.2) is 29.3 Å². The van der Waals surface area contributed by atoms with Crippen LogP contribution in [0.1, 0.15) is 44.3 Å². The molecule has 0 radical (unpaired) electrons. The van der Waals surface area contributed by atoms with Gasteiger partial charge in [0, 0.05) is 6.04 Å². The molecule has 2 heterocycles. The van der Waals surface area contributed by atoms with Crippen molar-refractivity contribution in [3.8, 4) is 0 Å². The Balaban J connectivity index is 1.50. The molecule has 5 unspecified atom stereocenters. The molecule has 2 aliphatic rings. The number of carbonyl (C=O) groups excluding carboxylic acids is 1. The normalized spacial score (nSPS) is 29.3. The summed E-state index contributed by atoms with van der Waals surface area (Å²) in [5, 5.41) is 13.1. The summed E-state index contributed by atoms with van der Waals surface area (Å²) in [6.45, 7) is 1.87. The molecule has 3 rings (SSSR count). The van der Waals surface area contributed by atoms with Crippen molar-refractivity contribution >= 4 is 5.91 Å². The highest BCUT2D eigenvalue weighted by Gasteiger charge is 2.44. The van der Waals surface area contributed by atoms with Crippen LogP contribution in [0.4, 0.5) is 4.39 Å². The fraction of sp³-hybridized carbons (Fsp3) is 0.588. The predicted molar refractivity (Wildman–Crippen MR) is 79.6 cm³/mol. The number of fused-ring (bicyclic) bond motifs is 2. The van der Waals surface area contributed by atoms with Gasteiger partial charge < -0.3 is 15.2 Å². The molecule has 5 heteroatoms. The van der Waals surface area contributed by atoms with Crippen molar-refractivity contribution in [2.24, 2.45) is 5.92 Å². The Morgan fingerprint density at radius 3 is 2.73 bits per heavy atom. The monoisotopic (exact) mass is 307 g/mol. The molecule has 2 saturated heterocycles. The third-order valence-electron chi connectivity index (χ3n) is 4.66. The van der Waals surface area contributed by atoms with E-state index >= 15 is 0 Å². The molecule has 2 aliphatic heterocycles. The molecule has 1 aromatic carbocycles. The summed E-state index contributed by atoms with van der Waals surface area (Å²) in [6, 6.07) is 5.64. The maximum atomic E-state index is 12.9. The predicted octanol–water partition coefficient (Wildman–Crippen LogP) is 2.32. The van der Waals surface area contributed by atoms with Crippen molar-refractivity contribution in [3.05, 3.63) is 35.6 Å². The summed E-state index contributed by atoms with van der Waals surface area (Å²) in [7, 11) is 0. The molecule has 2 fully saturated rings. The topological polar surface area (TPSA) is 58.6 Å². The van der Waals surface area contributed by atoms with E-state index < -0.39 is 6.10 Å². The lowest BCUT2D eigenvalue weighted by Gasteiger charge is -2.23. The Labute approximate surface area is 129 Å². The van der Waals surface area contributed by atoms with Crippen LogP contribution in [0.3, 0.4) is 0 Å². The minimum absolute atomic E-state index is 0.0195. The zero-order valence-corrected chi connectivity index (χ0v) is 12.7. The first-order valence-corrected chi connectivity index (χ1v) is 7.92. The number of ether oxygens (including phenoxy) is 1. The second kappa shape index (κ2) is 6.34. The van der Waals surface area contributed by atoms with Crippen LogP contribution in [0.5, 0.6) is 0 Å². The molecule has 2 N–H and O–H groups in total. The molecule has 120 valence electrons. The van der Waals surface area contributed by atoms with Crippen LogP contribution in [0.2, 0.25) is 0 Å². The first-order valence-electron chi connectivity index (χ1n) is 7.92. The molecule has 0 spiro atoms. The highest BCUT2D eigenvalue weighted by molar-refractivity contribution is 5.80. The van der Waals surface area contributed by atoms with Crippen molar-refractivity contribution in [1.29, 1.82) is 0 Å². The van der Waals surface area contributed by atoms with Crippen LogP contribution >= 0.6 is 0 Å². The van der Waals surface area contributed by atoms with Gasteiger partial charge in [0.1, 0.15) is 5.82 Å². The Morgan fingerprint density at radius 1 is 1.41 bits per heavy atom. The van der Waals surface area contributed by atoms with E-state index in [0.29, 0.717) is 12.0 Å². The van der Waals surface area contributed by atoms with Gasteiger partial charge in [-0.15, -0.1) is 0 Å². The number of nitrogens with one attached hydrogen (secondary N) is 1. The average Bonchev–Trinajstić information content (AvgIpc) is 3.10. The molecule has 1 amide bonds. The number of carbonyl (C=O) groups is 1. The first-order chi connectivity index (χ1) is 10.5. The van der Waals surface area contributed by atoms with Gasteiger partial charge in [-0.3, -0.25) is 4.79 Å². The van der Waals surface area contributed by atoms with Gasteiger partial charge >= 0.3 is 0 Å². The summed E-state index contributed by atoms with van der Waals surface area (Å²) >= 11 is 0. The molecule has 2 bridgehead atoms. The number of aliphatic hydroxyl groups is 1. The van der Waals surface area contributed by atoms with Crippen molar-refractivity contribution in [2.75, 3.05) is 0 Å². The quantitative estimate of drug-likeness (QED) is 0.878.